The molecule has 1 aromatic heterocycles. The van der Waals surface area contributed by atoms with Gasteiger partial charge in [0.15, 0.2) is 0 Å². The minimum atomic E-state index is -0.627. The lowest BCUT2D eigenvalue weighted by Crippen LogP contribution is -2.52. The van der Waals surface area contributed by atoms with Gasteiger partial charge in [-0.15, -0.1) is 11.3 Å². The van der Waals surface area contributed by atoms with Crippen LogP contribution in [0.5, 0.6) is 0 Å². The normalized spacial score (nSPS) is 22.2. The van der Waals surface area contributed by atoms with E-state index in [0.29, 0.717) is 25.1 Å². The summed E-state index contributed by atoms with van der Waals surface area (Å²) >= 11 is 1.74. The van der Waals surface area contributed by atoms with Gasteiger partial charge in [0, 0.05) is 30.0 Å². The van der Waals surface area contributed by atoms with Gasteiger partial charge in [0.05, 0.1) is 6.04 Å². The zero-order chi connectivity index (χ0) is 22.2. The fourth-order valence-electron chi connectivity index (χ4n) is 4.74. The molecule has 0 saturated carbocycles. The molecule has 32 heavy (non-hydrogen) atoms. The highest BCUT2D eigenvalue weighted by molar-refractivity contribution is 7.10. The average Bonchev–Trinajstić information content (AvgIpc) is 3.38. The second kappa shape index (κ2) is 8.38. The SMILES string of the molecule is O=C1CCC(N2Cc3ccc(CNC(=O)NC4CCCc5sccc54)cc3C2=O)C(=O)N1. The number of nitrogens with zero attached hydrogens (tertiary/aromatic N) is 1. The minimum absolute atomic E-state index is 0.0358. The molecule has 9 heteroatoms. The summed E-state index contributed by atoms with van der Waals surface area (Å²) in [6.45, 7) is 0.646. The Kier molecular flexibility index (Phi) is 5.42. The lowest BCUT2D eigenvalue weighted by Gasteiger charge is -2.29. The molecule has 3 heterocycles. The highest BCUT2D eigenvalue weighted by Crippen LogP contribution is 2.33. The van der Waals surface area contributed by atoms with E-state index >= 15 is 0 Å². The van der Waals surface area contributed by atoms with Crippen LogP contribution in [-0.4, -0.2) is 34.7 Å². The third-order valence-electron chi connectivity index (χ3n) is 6.40. The maximum Gasteiger partial charge on any atom is 0.315 e. The van der Waals surface area contributed by atoms with Gasteiger partial charge in [-0.05, 0) is 59.9 Å². The molecule has 1 aliphatic carbocycles. The quantitative estimate of drug-likeness (QED) is 0.619. The Morgan fingerprint density at radius 2 is 2.03 bits per heavy atom. The van der Waals surface area contributed by atoms with Crippen molar-refractivity contribution in [1.82, 2.24) is 20.9 Å². The molecule has 2 atom stereocenters. The molecule has 0 radical (unpaired) electrons. The van der Waals surface area contributed by atoms with Gasteiger partial charge in [-0.1, -0.05) is 12.1 Å². The van der Waals surface area contributed by atoms with Crippen molar-refractivity contribution < 1.29 is 19.2 Å². The molecule has 3 aliphatic rings. The molecule has 1 aromatic carbocycles. The first-order valence-corrected chi connectivity index (χ1v) is 11.7. The topological polar surface area (TPSA) is 108 Å². The van der Waals surface area contributed by atoms with Crippen molar-refractivity contribution >= 4 is 35.1 Å². The van der Waals surface area contributed by atoms with E-state index in [1.165, 1.54) is 15.3 Å². The minimum Gasteiger partial charge on any atom is -0.334 e. The summed E-state index contributed by atoms with van der Waals surface area (Å²) < 4.78 is 0. The van der Waals surface area contributed by atoms with Crippen molar-refractivity contribution in [3.8, 4) is 0 Å². The van der Waals surface area contributed by atoms with Gasteiger partial charge in [-0.25, -0.2) is 4.79 Å². The summed E-state index contributed by atoms with van der Waals surface area (Å²) in [5, 5.41) is 10.3. The number of nitrogens with one attached hydrogen (secondary N) is 3. The van der Waals surface area contributed by atoms with E-state index in [4.69, 9.17) is 0 Å². The van der Waals surface area contributed by atoms with E-state index in [1.807, 2.05) is 12.1 Å². The number of hydrogen-bond acceptors (Lipinski definition) is 5. The molecule has 5 amide bonds. The Bertz CT molecular complexity index is 1110. The second-order valence-corrected chi connectivity index (χ2v) is 9.46. The number of thiophene rings is 1. The standard InChI is InChI=1S/C23H24N4O4S/c28-20-7-6-18(21(29)26-20)27-12-14-5-4-13(10-16(14)22(27)30)11-24-23(31)25-17-2-1-3-19-15(17)8-9-32-19/h4-5,8-10,17-18H,1-3,6-7,11-12H2,(H2,24,25,31)(H,26,28,29). The molecule has 0 spiro atoms. The van der Waals surface area contributed by atoms with Gasteiger partial charge in [0.25, 0.3) is 5.91 Å². The fourth-order valence-corrected chi connectivity index (χ4v) is 5.73. The largest absolute Gasteiger partial charge is 0.334 e. The zero-order valence-corrected chi connectivity index (χ0v) is 18.3. The van der Waals surface area contributed by atoms with E-state index in [9.17, 15) is 19.2 Å². The number of hydrogen-bond donors (Lipinski definition) is 3. The van der Waals surface area contributed by atoms with Crippen molar-refractivity contribution in [1.29, 1.82) is 0 Å². The van der Waals surface area contributed by atoms with E-state index in [0.717, 1.165) is 30.4 Å². The van der Waals surface area contributed by atoms with Gasteiger partial charge in [-0.2, -0.15) is 0 Å². The van der Waals surface area contributed by atoms with Crippen molar-refractivity contribution in [3.05, 3.63) is 56.8 Å². The van der Waals surface area contributed by atoms with E-state index in [1.54, 1.807) is 17.4 Å². The smallest absolute Gasteiger partial charge is 0.315 e. The molecule has 1 saturated heterocycles. The lowest BCUT2D eigenvalue weighted by atomic mass is 9.94. The Labute approximate surface area is 189 Å². The predicted octanol–water partition coefficient (Wildman–Crippen LogP) is 2.39. The Balaban J connectivity index is 1.20. The number of aryl methyl sites for hydroxylation is 1. The van der Waals surface area contributed by atoms with Crippen LogP contribution in [0.15, 0.2) is 29.6 Å². The maximum absolute atomic E-state index is 12.9. The molecule has 5 rings (SSSR count). The van der Waals surface area contributed by atoms with Gasteiger partial charge in [0.2, 0.25) is 11.8 Å². The van der Waals surface area contributed by atoms with Crippen molar-refractivity contribution in [2.75, 3.05) is 0 Å². The molecule has 2 aliphatic heterocycles. The molecule has 2 aromatic rings. The Morgan fingerprint density at radius 1 is 1.16 bits per heavy atom. The number of urea groups is 1. The molecule has 166 valence electrons. The molecule has 0 bridgehead atoms. The van der Waals surface area contributed by atoms with Crippen LogP contribution in [0.3, 0.4) is 0 Å². The fraction of sp³-hybridized carbons (Fsp3) is 0.391. The molecule has 3 N–H and O–H groups in total. The molecule has 1 fully saturated rings. The van der Waals surface area contributed by atoms with Crippen molar-refractivity contribution in [2.24, 2.45) is 0 Å². The van der Waals surface area contributed by atoms with Crippen LogP contribution in [-0.2, 0) is 29.1 Å². The van der Waals surface area contributed by atoms with E-state index in [2.05, 4.69) is 27.4 Å². The van der Waals surface area contributed by atoms with Gasteiger partial charge >= 0.3 is 6.03 Å². The number of carbonyl (C=O) groups excluding carboxylic acids is 4. The Morgan fingerprint density at radius 3 is 2.88 bits per heavy atom. The van der Waals surface area contributed by atoms with Crippen LogP contribution < -0.4 is 16.0 Å². The third-order valence-corrected chi connectivity index (χ3v) is 7.40. The summed E-state index contributed by atoms with van der Waals surface area (Å²) in [6.07, 6.45) is 3.64. The lowest BCUT2D eigenvalue weighted by molar-refractivity contribution is -0.136. The number of rotatable bonds is 4. The van der Waals surface area contributed by atoms with Crippen LogP contribution in [0.4, 0.5) is 4.79 Å². The molecular weight excluding hydrogens is 428 g/mol. The van der Waals surface area contributed by atoms with Crippen molar-refractivity contribution in [3.63, 3.8) is 0 Å². The zero-order valence-electron chi connectivity index (χ0n) is 17.5. The number of benzene rings is 1. The summed E-state index contributed by atoms with van der Waals surface area (Å²) in [5.41, 5.74) is 3.43. The van der Waals surface area contributed by atoms with Gasteiger partial charge < -0.3 is 15.5 Å². The van der Waals surface area contributed by atoms with Crippen LogP contribution >= 0.6 is 11.3 Å². The highest BCUT2D eigenvalue weighted by atomic mass is 32.1. The van der Waals surface area contributed by atoms with Crippen LogP contribution in [0.2, 0.25) is 0 Å². The summed E-state index contributed by atoms with van der Waals surface area (Å²) in [4.78, 5) is 51.9. The van der Waals surface area contributed by atoms with Crippen LogP contribution in [0, 0.1) is 0 Å². The molecule has 2 unspecified atom stereocenters. The average molecular weight is 453 g/mol. The maximum atomic E-state index is 12.9. The first-order chi connectivity index (χ1) is 15.5. The second-order valence-electron chi connectivity index (χ2n) is 8.46. The number of amides is 5. The summed E-state index contributed by atoms with van der Waals surface area (Å²) in [7, 11) is 0. The highest BCUT2D eigenvalue weighted by Gasteiger charge is 2.39. The monoisotopic (exact) mass is 452 g/mol. The van der Waals surface area contributed by atoms with Crippen LogP contribution in [0.25, 0.3) is 0 Å². The summed E-state index contributed by atoms with van der Waals surface area (Å²) in [5.74, 6) is -0.934. The third kappa shape index (κ3) is 3.88. The summed E-state index contributed by atoms with van der Waals surface area (Å²) in [6, 6.07) is 6.80. The first-order valence-electron chi connectivity index (χ1n) is 10.9. The molecular formula is C23H24N4O4S. The number of fused-ring (bicyclic) bond motifs is 2. The van der Waals surface area contributed by atoms with E-state index < -0.39 is 11.9 Å². The van der Waals surface area contributed by atoms with Gasteiger partial charge in [-0.3, -0.25) is 19.7 Å². The number of imide groups is 1. The first kappa shape index (κ1) is 20.7. The predicted molar refractivity (Wildman–Crippen MR) is 118 cm³/mol. The van der Waals surface area contributed by atoms with Crippen molar-refractivity contribution in [2.45, 2.75) is 57.3 Å². The van der Waals surface area contributed by atoms with Crippen LogP contribution in [0.1, 0.15) is 63.7 Å². The number of carbonyl (C=O) groups is 4. The van der Waals surface area contributed by atoms with Gasteiger partial charge in [0.1, 0.15) is 6.04 Å². The Hall–Kier alpha value is -3.20. The van der Waals surface area contributed by atoms with E-state index in [-0.39, 0.29) is 30.3 Å². The molecule has 8 nitrogen and oxygen atoms in total. The number of piperidine rings is 1.